The molecule has 0 aliphatic carbocycles. The first-order valence-corrected chi connectivity index (χ1v) is 10.0. The Balaban J connectivity index is 1.54. The Hall–Kier alpha value is -2.42. The SMILES string of the molecule is CC(=O)N[C@H]1C[C@@H]2C(=O)N[C@H]3CCN(C(=O)Cc4cccs4)[C@@H]3C(=O)N2C1. The second kappa shape index (κ2) is 6.95. The van der Waals surface area contributed by atoms with E-state index in [1.54, 1.807) is 4.90 Å². The standard InChI is InChI=1S/C18H22N4O4S/c1-10(23)19-11-7-14-17(25)20-13-4-5-21(16(13)18(26)22(14)9-11)15(24)8-12-3-2-6-27-12/h2-3,6,11,13-14,16H,4-5,7-9H2,1H3,(H,19,23)(H,20,25)/t11-,13-,14+,16-/m0/s1. The summed E-state index contributed by atoms with van der Waals surface area (Å²) in [4.78, 5) is 54.1. The van der Waals surface area contributed by atoms with Gasteiger partial charge in [0.1, 0.15) is 12.1 Å². The van der Waals surface area contributed by atoms with Gasteiger partial charge in [0, 0.05) is 30.9 Å². The van der Waals surface area contributed by atoms with Crippen molar-refractivity contribution in [3.8, 4) is 0 Å². The van der Waals surface area contributed by atoms with E-state index < -0.39 is 12.1 Å². The van der Waals surface area contributed by atoms with Crippen LogP contribution in [0.5, 0.6) is 0 Å². The van der Waals surface area contributed by atoms with E-state index in [-0.39, 0.29) is 42.1 Å². The first-order chi connectivity index (χ1) is 12.9. The molecule has 0 aromatic carbocycles. The van der Waals surface area contributed by atoms with Crippen LogP contribution in [0.25, 0.3) is 0 Å². The molecular formula is C18H22N4O4S. The summed E-state index contributed by atoms with van der Waals surface area (Å²) in [6, 6.07) is 1.96. The first-order valence-electron chi connectivity index (χ1n) is 9.14. The smallest absolute Gasteiger partial charge is 0.248 e. The maximum Gasteiger partial charge on any atom is 0.248 e. The van der Waals surface area contributed by atoms with Crippen LogP contribution in [0.2, 0.25) is 0 Å². The Morgan fingerprint density at radius 2 is 2.19 bits per heavy atom. The van der Waals surface area contributed by atoms with Crippen molar-refractivity contribution in [1.82, 2.24) is 20.4 Å². The summed E-state index contributed by atoms with van der Waals surface area (Å²) in [5, 5.41) is 7.67. The topological polar surface area (TPSA) is 98.8 Å². The summed E-state index contributed by atoms with van der Waals surface area (Å²) < 4.78 is 0. The van der Waals surface area contributed by atoms with E-state index in [1.807, 2.05) is 17.5 Å². The average molecular weight is 390 g/mol. The highest BCUT2D eigenvalue weighted by Crippen LogP contribution is 2.29. The van der Waals surface area contributed by atoms with E-state index in [9.17, 15) is 19.2 Å². The van der Waals surface area contributed by atoms with Gasteiger partial charge in [-0.05, 0) is 24.3 Å². The third-order valence-electron chi connectivity index (χ3n) is 5.50. The number of carbonyl (C=O) groups is 4. The van der Waals surface area contributed by atoms with Crippen molar-refractivity contribution in [2.24, 2.45) is 0 Å². The number of hydrogen-bond acceptors (Lipinski definition) is 5. The maximum atomic E-state index is 13.2. The number of nitrogens with one attached hydrogen (secondary N) is 2. The summed E-state index contributed by atoms with van der Waals surface area (Å²) in [7, 11) is 0. The molecular weight excluding hydrogens is 368 g/mol. The molecule has 0 spiro atoms. The molecule has 0 bridgehead atoms. The van der Waals surface area contributed by atoms with Gasteiger partial charge in [0.05, 0.1) is 12.5 Å². The lowest BCUT2D eigenvalue weighted by molar-refractivity contribution is -0.144. The van der Waals surface area contributed by atoms with E-state index >= 15 is 0 Å². The molecule has 1 aromatic rings. The number of hydrogen-bond donors (Lipinski definition) is 2. The number of amides is 4. The largest absolute Gasteiger partial charge is 0.352 e. The highest BCUT2D eigenvalue weighted by atomic mass is 32.1. The van der Waals surface area contributed by atoms with Crippen molar-refractivity contribution in [2.75, 3.05) is 13.1 Å². The maximum absolute atomic E-state index is 13.2. The van der Waals surface area contributed by atoms with Crippen LogP contribution in [0.4, 0.5) is 0 Å². The third-order valence-corrected chi connectivity index (χ3v) is 6.38. The molecule has 0 radical (unpaired) electrons. The van der Waals surface area contributed by atoms with E-state index in [0.717, 1.165) is 4.88 Å². The fourth-order valence-electron chi connectivity index (χ4n) is 4.36. The zero-order valence-electron chi connectivity index (χ0n) is 15.0. The first kappa shape index (κ1) is 18.0. The number of likely N-dealkylation sites (tertiary alicyclic amines) is 1. The predicted octanol–water partition coefficient (Wildman–Crippen LogP) is -0.504. The van der Waals surface area contributed by atoms with Crippen LogP contribution in [0.3, 0.4) is 0 Å². The van der Waals surface area contributed by atoms with E-state index in [2.05, 4.69) is 10.6 Å². The van der Waals surface area contributed by atoms with Gasteiger partial charge in [-0.3, -0.25) is 19.2 Å². The van der Waals surface area contributed by atoms with Gasteiger partial charge in [0.2, 0.25) is 23.6 Å². The number of rotatable bonds is 3. The molecule has 2 N–H and O–H groups in total. The second-order valence-electron chi connectivity index (χ2n) is 7.33. The van der Waals surface area contributed by atoms with Crippen LogP contribution in [0, 0.1) is 0 Å². The fraction of sp³-hybridized carbons (Fsp3) is 0.556. The molecule has 3 aliphatic heterocycles. The van der Waals surface area contributed by atoms with Gasteiger partial charge in [-0.1, -0.05) is 6.07 Å². The van der Waals surface area contributed by atoms with Crippen molar-refractivity contribution in [2.45, 2.75) is 50.4 Å². The van der Waals surface area contributed by atoms with Crippen LogP contribution in [0.1, 0.15) is 24.6 Å². The molecule has 3 aliphatic rings. The van der Waals surface area contributed by atoms with Gasteiger partial charge in [0.25, 0.3) is 0 Å². The summed E-state index contributed by atoms with van der Waals surface area (Å²) in [6.07, 6.45) is 1.24. The van der Waals surface area contributed by atoms with Crippen LogP contribution in [-0.2, 0) is 25.6 Å². The molecule has 9 heteroatoms. The Labute approximate surface area is 160 Å². The van der Waals surface area contributed by atoms with Crippen molar-refractivity contribution in [3.05, 3.63) is 22.4 Å². The van der Waals surface area contributed by atoms with Crippen molar-refractivity contribution < 1.29 is 19.2 Å². The van der Waals surface area contributed by atoms with Gasteiger partial charge in [-0.2, -0.15) is 0 Å². The predicted molar refractivity (Wildman–Crippen MR) is 97.8 cm³/mol. The highest BCUT2D eigenvalue weighted by Gasteiger charge is 2.52. The number of thiophene rings is 1. The van der Waals surface area contributed by atoms with Crippen molar-refractivity contribution in [3.63, 3.8) is 0 Å². The lowest BCUT2D eigenvalue weighted by Crippen LogP contribution is -2.52. The Kier molecular flexibility index (Phi) is 4.63. The third kappa shape index (κ3) is 3.31. The van der Waals surface area contributed by atoms with Crippen LogP contribution in [0.15, 0.2) is 17.5 Å². The molecule has 3 saturated heterocycles. The molecule has 4 heterocycles. The van der Waals surface area contributed by atoms with Gasteiger partial charge < -0.3 is 20.4 Å². The van der Waals surface area contributed by atoms with E-state index in [0.29, 0.717) is 25.9 Å². The van der Waals surface area contributed by atoms with Crippen LogP contribution >= 0.6 is 11.3 Å². The Bertz CT molecular complexity index is 780. The van der Waals surface area contributed by atoms with Crippen molar-refractivity contribution >= 4 is 35.0 Å². The van der Waals surface area contributed by atoms with E-state index in [4.69, 9.17) is 0 Å². The minimum atomic E-state index is -0.664. The number of nitrogens with zero attached hydrogens (tertiary/aromatic N) is 2. The average Bonchev–Trinajstić information content (AvgIpc) is 3.32. The quantitative estimate of drug-likeness (QED) is 0.727. The molecule has 3 fully saturated rings. The zero-order valence-corrected chi connectivity index (χ0v) is 15.8. The lowest BCUT2D eigenvalue weighted by atomic mass is 10.1. The molecule has 27 heavy (non-hydrogen) atoms. The van der Waals surface area contributed by atoms with Gasteiger partial charge >= 0.3 is 0 Å². The number of carbonyl (C=O) groups excluding carboxylic acids is 4. The molecule has 0 unspecified atom stereocenters. The summed E-state index contributed by atoms with van der Waals surface area (Å²) in [6.45, 7) is 2.18. The van der Waals surface area contributed by atoms with Crippen LogP contribution in [-0.4, -0.2) is 70.7 Å². The molecule has 4 atom stereocenters. The normalized spacial score (nSPS) is 29.8. The highest BCUT2D eigenvalue weighted by molar-refractivity contribution is 7.10. The molecule has 1 aromatic heterocycles. The Morgan fingerprint density at radius 3 is 2.89 bits per heavy atom. The molecule has 4 amide bonds. The number of fused-ring (bicyclic) bond motifs is 2. The molecule has 0 saturated carbocycles. The van der Waals surface area contributed by atoms with E-state index in [1.165, 1.54) is 23.2 Å². The molecule has 144 valence electrons. The summed E-state index contributed by atoms with van der Waals surface area (Å²) in [5.74, 6) is -0.676. The zero-order chi connectivity index (χ0) is 19.1. The Morgan fingerprint density at radius 1 is 1.37 bits per heavy atom. The van der Waals surface area contributed by atoms with Crippen LogP contribution < -0.4 is 10.6 Å². The van der Waals surface area contributed by atoms with Gasteiger partial charge in [-0.15, -0.1) is 11.3 Å². The molecule has 4 rings (SSSR count). The lowest BCUT2D eigenvalue weighted by Gasteiger charge is -2.29. The minimum Gasteiger partial charge on any atom is -0.352 e. The van der Waals surface area contributed by atoms with Gasteiger partial charge in [0.15, 0.2) is 0 Å². The minimum absolute atomic E-state index is 0.0939. The summed E-state index contributed by atoms with van der Waals surface area (Å²) >= 11 is 1.51. The second-order valence-corrected chi connectivity index (χ2v) is 8.36. The fourth-order valence-corrected chi connectivity index (χ4v) is 5.06. The molecule has 8 nitrogen and oxygen atoms in total. The van der Waals surface area contributed by atoms with Gasteiger partial charge in [-0.25, -0.2) is 0 Å². The monoisotopic (exact) mass is 390 g/mol. The summed E-state index contributed by atoms with van der Waals surface area (Å²) in [5.41, 5.74) is 0. The van der Waals surface area contributed by atoms with Crippen molar-refractivity contribution in [1.29, 1.82) is 0 Å².